The molecule has 4 nitrogen and oxygen atoms in total. The molecule has 0 saturated carbocycles. The first-order valence-electron chi connectivity index (χ1n) is 5.94. The molecule has 2 atom stereocenters. The number of nitrogens with zero attached hydrogens (tertiary/aromatic N) is 1. The van der Waals surface area contributed by atoms with Gasteiger partial charge in [0.2, 0.25) is 0 Å². The van der Waals surface area contributed by atoms with Crippen molar-refractivity contribution in [2.75, 3.05) is 26.2 Å². The summed E-state index contributed by atoms with van der Waals surface area (Å²) in [6.07, 6.45) is -1.23. The summed E-state index contributed by atoms with van der Waals surface area (Å²) in [6, 6.07) is 7.89. The lowest BCUT2D eigenvalue weighted by Gasteiger charge is -2.15. The minimum absolute atomic E-state index is 0.526. The number of hydrogen-bond acceptors (Lipinski definition) is 4. The molecule has 0 amide bonds. The van der Waals surface area contributed by atoms with E-state index in [-0.39, 0.29) is 0 Å². The van der Waals surface area contributed by atoms with Crippen molar-refractivity contribution in [3.63, 3.8) is 0 Å². The third-order valence-corrected chi connectivity index (χ3v) is 3.09. The van der Waals surface area contributed by atoms with E-state index in [9.17, 15) is 10.2 Å². The Hall–Kier alpha value is -1.10. The second-order valence-electron chi connectivity index (χ2n) is 4.51. The van der Waals surface area contributed by atoms with Crippen molar-refractivity contribution in [3.8, 4) is 5.75 Å². The number of aliphatic hydroxyl groups is 2. The first-order chi connectivity index (χ1) is 8.16. The van der Waals surface area contributed by atoms with Gasteiger partial charge in [-0.05, 0) is 18.6 Å². The molecule has 1 aliphatic rings. The average molecular weight is 237 g/mol. The molecule has 94 valence electrons. The van der Waals surface area contributed by atoms with Gasteiger partial charge in [-0.3, -0.25) is 4.90 Å². The smallest absolute Gasteiger partial charge is 0.122 e. The highest BCUT2D eigenvalue weighted by Gasteiger charge is 2.28. The molecule has 1 aromatic carbocycles. The van der Waals surface area contributed by atoms with Gasteiger partial charge in [-0.15, -0.1) is 0 Å². The molecule has 1 aliphatic heterocycles. The number of ether oxygens (including phenoxy) is 1. The SMILES string of the molecule is Cc1ccccc1OCCN1C[C@@H](O)[C@@H](O)C1. The summed E-state index contributed by atoms with van der Waals surface area (Å²) in [4.78, 5) is 2.01. The topological polar surface area (TPSA) is 52.9 Å². The van der Waals surface area contributed by atoms with Gasteiger partial charge in [0.15, 0.2) is 0 Å². The minimum Gasteiger partial charge on any atom is -0.492 e. The number of likely N-dealkylation sites (tertiary alicyclic amines) is 1. The van der Waals surface area contributed by atoms with Crippen LogP contribution in [0.15, 0.2) is 24.3 Å². The molecule has 0 unspecified atom stereocenters. The van der Waals surface area contributed by atoms with Crippen LogP contribution in [0.1, 0.15) is 5.56 Å². The highest BCUT2D eigenvalue weighted by atomic mass is 16.5. The third kappa shape index (κ3) is 3.19. The summed E-state index contributed by atoms with van der Waals surface area (Å²) in [6.45, 7) is 4.36. The fraction of sp³-hybridized carbons (Fsp3) is 0.538. The maximum Gasteiger partial charge on any atom is 0.122 e. The summed E-state index contributed by atoms with van der Waals surface area (Å²) >= 11 is 0. The molecule has 0 aromatic heterocycles. The lowest BCUT2D eigenvalue weighted by Crippen LogP contribution is -2.27. The number of benzene rings is 1. The molecule has 17 heavy (non-hydrogen) atoms. The Morgan fingerprint density at radius 3 is 2.53 bits per heavy atom. The second kappa shape index (κ2) is 5.49. The van der Waals surface area contributed by atoms with Crippen LogP contribution in [-0.4, -0.2) is 53.6 Å². The van der Waals surface area contributed by atoms with E-state index in [1.54, 1.807) is 0 Å². The Labute approximate surface area is 101 Å². The molecule has 4 heteroatoms. The summed E-state index contributed by atoms with van der Waals surface area (Å²) < 4.78 is 5.66. The summed E-state index contributed by atoms with van der Waals surface area (Å²) in [5.41, 5.74) is 1.12. The fourth-order valence-electron chi connectivity index (χ4n) is 2.03. The minimum atomic E-state index is -0.617. The normalized spacial score (nSPS) is 25.1. The zero-order chi connectivity index (χ0) is 12.3. The van der Waals surface area contributed by atoms with Crippen LogP contribution in [0.2, 0.25) is 0 Å². The predicted octanol–water partition coefficient (Wildman–Crippen LogP) is 0.411. The standard InChI is InChI=1S/C13H19NO3/c1-10-4-2-3-5-13(10)17-7-6-14-8-11(15)12(16)9-14/h2-5,11-12,15-16H,6-9H2,1H3/t11-,12+. The van der Waals surface area contributed by atoms with Gasteiger partial charge in [0, 0.05) is 19.6 Å². The van der Waals surface area contributed by atoms with E-state index in [4.69, 9.17) is 4.74 Å². The molecule has 0 bridgehead atoms. The van der Waals surface area contributed by atoms with E-state index in [0.717, 1.165) is 17.9 Å². The molecule has 1 aromatic rings. The van der Waals surface area contributed by atoms with Crippen molar-refractivity contribution in [1.29, 1.82) is 0 Å². The molecule has 1 heterocycles. The molecule has 0 spiro atoms. The molecular formula is C13H19NO3. The molecule has 1 fully saturated rings. The first-order valence-corrected chi connectivity index (χ1v) is 5.94. The van der Waals surface area contributed by atoms with Gasteiger partial charge in [-0.1, -0.05) is 18.2 Å². The van der Waals surface area contributed by atoms with Crippen LogP contribution in [0, 0.1) is 6.92 Å². The number of aliphatic hydroxyl groups excluding tert-OH is 2. The van der Waals surface area contributed by atoms with E-state index in [2.05, 4.69) is 0 Å². The van der Waals surface area contributed by atoms with Gasteiger partial charge in [0.25, 0.3) is 0 Å². The summed E-state index contributed by atoms with van der Waals surface area (Å²) in [5.74, 6) is 0.896. The van der Waals surface area contributed by atoms with Crippen molar-refractivity contribution in [1.82, 2.24) is 4.90 Å². The maximum absolute atomic E-state index is 9.40. The van der Waals surface area contributed by atoms with Crippen LogP contribution >= 0.6 is 0 Å². The fourth-order valence-corrected chi connectivity index (χ4v) is 2.03. The Balaban J connectivity index is 1.75. The first kappa shape index (κ1) is 12.4. The van der Waals surface area contributed by atoms with E-state index in [1.165, 1.54) is 0 Å². The number of rotatable bonds is 4. The Morgan fingerprint density at radius 2 is 1.88 bits per heavy atom. The highest BCUT2D eigenvalue weighted by molar-refractivity contribution is 5.31. The van der Waals surface area contributed by atoms with Crippen molar-refractivity contribution in [3.05, 3.63) is 29.8 Å². The van der Waals surface area contributed by atoms with Crippen LogP contribution in [0.3, 0.4) is 0 Å². The number of β-amino-alcohol motifs (C(OH)–C–C–N with tert-alkyl or cyclic N) is 2. The Morgan fingerprint density at radius 1 is 1.24 bits per heavy atom. The quantitative estimate of drug-likeness (QED) is 0.796. The van der Waals surface area contributed by atoms with E-state index in [1.807, 2.05) is 36.1 Å². The molecule has 0 radical (unpaired) electrons. The Bertz CT molecular complexity index is 359. The molecule has 2 rings (SSSR count). The molecule has 2 N–H and O–H groups in total. The predicted molar refractivity (Wildman–Crippen MR) is 65.1 cm³/mol. The molecule has 0 aliphatic carbocycles. The average Bonchev–Trinajstić information content (AvgIpc) is 2.61. The van der Waals surface area contributed by atoms with Crippen LogP contribution < -0.4 is 4.74 Å². The number of para-hydroxylation sites is 1. The third-order valence-electron chi connectivity index (χ3n) is 3.09. The van der Waals surface area contributed by atoms with E-state index >= 15 is 0 Å². The van der Waals surface area contributed by atoms with Crippen LogP contribution in [-0.2, 0) is 0 Å². The van der Waals surface area contributed by atoms with Crippen LogP contribution in [0.5, 0.6) is 5.75 Å². The lowest BCUT2D eigenvalue weighted by molar-refractivity contribution is 0.0572. The monoisotopic (exact) mass is 237 g/mol. The van der Waals surface area contributed by atoms with Gasteiger partial charge < -0.3 is 14.9 Å². The molecular weight excluding hydrogens is 218 g/mol. The van der Waals surface area contributed by atoms with Crippen molar-refractivity contribution in [2.24, 2.45) is 0 Å². The van der Waals surface area contributed by atoms with Gasteiger partial charge >= 0.3 is 0 Å². The lowest BCUT2D eigenvalue weighted by atomic mass is 10.2. The Kier molecular flexibility index (Phi) is 3.99. The zero-order valence-electron chi connectivity index (χ0n) is 10.0. The van der Waals surface area contributed by atoms with Gasteiger partial charge in [-0.25, -0.2) is 0 Å². The van der Waals surface area contributed by atoms with Crippen LogP contribution in [0.4, 0.5) is 0 Å². The summed E-state index contributed by atoms with van der Waals surface area (Å²) in [5, 5.41) is 18.8. The number of hydrogen-bond donors (Lipinski definition) is 2. The van der Waals surface area contributed by atoms with Crippen molar-refractivity contribution < 1.29 is 14.9 Å². The van der Waals surface area contributed by atoms with E-state index < -0.39 is 12.2 Å². The van der Waals surface area contributed by atoms with Crippen LogP contribution in [0.25, 0.3) is 0 Å². The highest BCUT2D eigenvalue weighted by Crippen LogP contribution is 2.16. The van der Waals surface area contributed by atoms with Crippen molar-refractivity contribution in [2.45, 2.75) is 19.1 Å². The molecule has 1 saturated heterocycles. The van der Waals surface area contributed by atoms with Gasteiger partial charge in [0.05, 0.1) is 12.2 Å². The zero-order valence-corrected chi connectivity index (χ0v) is 10.0. The van der Waals surface area contributed by atoms with E-state index in [0.29, 0.717) is 19.7 Å². The maximum atomic E-state index is 9.40. The van der Waals surface area contributed by atoms with Crippen molar-refractivity contribution >= 4 is 0 Å². The van der Waals surface area contributed by atoms with Gasteiger partial charge in [0.1, 0.15) is 12.4 Å². The number of aryl methyl sites for hydroxylation is 1. The van der Waals surface area contributed by atoms with Gasteiger partial charge in [-0.2, -0.15) is 0 Å². The largest absolute Gasteiger partial charge is 0.492 e. The summed E-state index contributed by atoms with van der Waals surface area (Å²) in [7, 11) is 0. The second-order valence-corrected chi connectivity index (χ2v) is 4.51.